The van der Waals surface area contributed by atoms with Crippen LogP contribution >= 0.6 is 11.6 Å². The highest BCUT2D eigenvalue weighted by atomic mass is 35.5. The van der Waals surface area contributed by atoms with Gasteiger partial charge in [0.05, 0.1) is 18.5 Å². The first kappa shape index (κ1) is 20.2. The molecule has 9 heteroatoms. The minimum Gasteiger partial charge on any atom is -0.464 e. The fourth-order valence-corrected chi connectivity index (χ4v) is 5.30. The van der Waals surface area contributed by atoms with E-state index in [0.717, 1.165) is 55.5 Å². The van der Waals surface area contributed by atoms with Crippen LogP contribution in [0.5, 0.6) is 0 Å². The number of hydrogen-bond acceptors (Lipinski definition) is 8. The van der Waals surface area contributed by atoms with E-state index in [1.807, 2.05) is 13.0 Å². The number of nitrogens with one attached hydrogen (secondary N) is 2. The number of carbonyl (C=O) groups excluding carboxylic acids is 1. The van der Waals surface area contributed by atoms with Crippen LogP contribution in [-0.4, -0.2) is 61.3 Å². The van der Waals surface area contributed by atoms with E-state index in [4.69, 9.17) is 16.3 Å². The van der Waals surface area contributed by atoms with Crippen LogP contribution < -0.4 is 20.4 Å². The Morgan fingerprint density at radius 3 is 2.13 bits per heavy atom. The maximum atomic E-state index is 11.5. The molecule has 2 aromatic heterocycles. The van der Waals surface area contributed by atoms with Crippen molar-refractivity contribution in [3.8, 4) is 0 Å². The van der Waals surface area contributed by atoms with E-state index in [1.54, 1.807) is 6.07 Å². The van der Waals surface area contributed by atoms with Gasteiger partial charge in [-0.1, -0.05) is 11.6 Å². The fraction of sp³-hybridized carbons (Fsp3) is 0.500. The van der Waals surface area contributed by atoms with Crippen LogP contribution in [0.4, 0.5) is 23.0 Å². The highest BCUT2D eigenvalue weighted by Gasteiger charge is 2.33. The lowest BCUT2D eigenvalue weighted by molar-refractivity contribution is 0.0594. The third-order valence-electron chi connectivity index (χ3n) is 6.42. The zero-order valence-corrected chi connectivity index (χ0v) is 18.8. The van der Waals surface area contributed by atoms with Gasteiger partial charge in [-0.15, -0.1) is 0 Å². The number of nitrogens with zero attached hydrogens (tertiary/aromatic N) is 4. The standard InChI is InChI=1S/C12H15N3O2.C10H12ClN3/c1-7-5-9(12(16)17-2)14-11-10(7)15-4-3-8(6-15)13-11;1-6-4-8(11)13-10-9(6)14-3-2-7(5-14)12-10/h5,8H,3-4,6H2,1-2H3,(H,13,14);4,7H,2-3,5H2,1H3,(H,12,13)/t8-;7-/m00/s1. The number of esters is 1. The summed E-state index contributed by atoms with van der Waals surface area (Å²) in [6.07, 6.45) is 2.33. The quantitative estimate of drug-likeness (QED) is 0.514. The molecule has 164 valence electrons. The molecule has 31 heavy (non-hydrogen) atoms. The summed E-state index contributed by atoms with van der Waals surface area (Å²) in [5.74, 6) is 1.40. The number of rotatable bonds is 1. The second-order valence-electron chi connectivity index (χ2n) is 8.62. The van der Waals surface area contributed by atoms with E-state index in [9.17, 15) is 4.79 Å². The monoisotopic (exact) mass is 442 g/mol. The van der Waals surface area contributed by atoms with Crippen LogP contribution in [0.3, 0.4) is 0 Å². The second kappa shape index (κ2) is 7.75. The first-order valence-electron chi connectivity index (χ1n) is 10.7. The van der Waals surface area contributed by atoms with E-state index in [0.29, 0.717) is 22.9 Å². The predicted molar refractivity (Wildman–Crippen MR) is 123 cm³/mol. The Hall–Kier alpha value is -2.74. The molecule has 0 radical (unpaired) electrons. The molecule has 0 saturated carbocycles. The molecular formula is C22H27ClN6O2. The van der Waals surface area contributed by atoms with Crippen LogP contribution in [0.2, 0.25) is 5.15 Å². The van der Waals surface area contributed by atoms with Gasteiger partial charge < -0.3 is 25.2 Å². The number of pyridine rings is 2. The number of hydrogen-bond donors (Lipinski definition) is 2. The third-order valence-corrected chi connectivity index (χ3v) is 6.61. The Morgan fingerprint density at radius 1 is 1.00 bits per heavy atom. The van der Waals surface area contributed by atoms with Crippen molar-refractivity contribution in [2.75, 3.05) is 53.7 Å². The largest absolute Gasteiger partial charge is 0.464 e. The number of halogens is 1. The summed E-state index contributed by atoms with van der Waals surface area (Å²) in [5, 5.41) is 7.40. The van der Waals surface area contributed by atoms with E-state index < -0.39 is 0 Å². The minimum absolute atomic E-state index is 0.374. The van der Waals surface area contributed by atoms with Gasteiger partial charge in [-0.05, 0) is 49.9 Å². The van der Waals surface area contributed by atoms with Crippen molar-refractivity contribution >= 4 is 40.6 Å². The van der Waals surface area contributed by atoms with E-state index >= 15 is 0 Å². The summed E-state index contributed by atoms with van der Waals surface area (Å²) in [4.78, 5) is 24.9. The Labute approximate surface area is 186 Å². The van der Waals surface area contributed by atoms with Gasteiger partial charge in [0.25, 0.3) is 0 Å². The van der Waals surface area contributed by atoms with Gasteiger partial charge >= 0.3 is 5.97 Å². The molecular weight excluding hydrogens is 416 g/mol. The van der Waals surface area contributed by atoms with E-state index in [1.165, 1.54) is 24.8 Å². The normalized spacial score (nSPS) is 21.9. The van der Waals surface area contributed by atoms with Crippen molar-refractivity contribution in [3.63, 3.8) is 0 Å². The molecule has 6 heterocycles. The molecule has 0 aromatic carbocycles. The van der Waals surface area contributed by atoms with Crippen LogP contribution in [0, 0.1) is 13.8 Å². The number of ether oxygens (including phenoxy) is 1. The fourth-order valence-electron chi connectivity index (χ4n) is 5.05. The number of methoxy groups -OCH3 is 1. The summed E-state index contributed by atoms with van der Waals surface area (Å²) >= 11 is 5.93. The van der Waals surface area contributed by atoms with E-state index in [2.05, 4.69) is 37.3 Å². The van der Waals surface area contributed by atoms with Crippen LogP contribution in [0.15, 0.2) is 12.1 Å². The Morgan fingerprint density at radius 2 is 1.55 bits per heavy atom. The topological polar surface area (TPSA) is 82.6 Å². The van der Waals surface area contributed by atoms with Crippen molar-refractivity contribution in [2.45, 2.75) is 38.8 Å². The van der Waals surface area contributed by atoms with Crippen molar-refractivity contribution in [3.05, 3.63) is 34.1 Å². The lowest BCUT2D eigenvalue weighted by Gasteiger charge is -2.29. The summed E-state index contributed by atoms with van der Waals surface area (Å²) in [6.45, 7) is 8.43. The molecule has 2 saturated heterocycles. The molecule has 2 atom stereocenters. The van der Waals surface area contributed by atoms with Gasteiger partial charge in [0, 0.05) is 38.3 Å². The molecule has 0 unspecified atom stereocenters. The van der Waals surface area contributed by atoms with Gasteiger partial charge in [0.1, 0.15) is 5.15 Å². The highest BCUT2D eigenvalue weighted by molar-refractivity contribution is 6.29. The lowest BCUT2D eigenvalue weighted by Crippen LogP contribution is -2.33. The SMILES string of the molecule is COC(=O)c1cc(C)c2c(n1)N[C@H]1CCN2C1.Cc1cc(Cl)nc2c1N1CC[C@@H](C1)N2. The molecule has 4 bridgehead atoms. The highest BCUT2D eigenvalue weighted by Crippen LogP contribution is 2.38. The molecule has 2 fully saturated rings. The number of aryl methyl sites for hydroxylation is 2. The third kappa shape index (κ3) is 3.63. The van der Waals surface area contributed by atoms with Crippen molar-refractivity contribution < 1.29 is 9.53 Å². The molecule has 2 aromatic rings. The molecule has 4 aliphatic heterocycles. The molecule has 6 rings (SSSR count). The van der Waals surface area contributed by atoms with Crippen molar-refractivity contribution in [1.82, 2.24) is 9.97 Å². The molecule has 2 N–H and O–H groups in total. The number of aromatic nitrogens is 2. The molecule has 8 nitrogen and oxygen atoms in total. The average molecular weight is 443 g/mol. The summed E-state index contributed by atoms with van der Waals surface area (Å²) in [7, 11) is 1.37. The first-order chi connectivity index (χ1) is 14.9. The maximum Gasteiger partial charge on any atom is 0.356 e. The number of carbonyl (C=O) groups is 1. The Kier molecular flexibility index (Phi) is 5.04. The number of anilines is 4. The van der Waals surface area contributed by atoms with Gasteiger partial charge in [0.2, 0.25) is 0 Å². The summed E-state index contributed by atoms with van der Waals surface area (Å²) in [5.41, 5.74) is 5.03. The van der Waals surface area contributed by atoms with E-state index in [-0.39, 0.29) is 5.97 Å². The smallest absolute Gasteiger partial charge is 0.356 e. The lowest BCUT2D eigenvalue weighted by atomic mass is 10.1. The molecule has 0 spiro atoms. The first-order valence-corrected chi connectivity index (χ1v) is 11.1. The van der Waals surface area contributed by atoms with Gasteiger partial charge in [-0.2, -0.15) is 0 Å². The Balaban J connectivity index is 0.000000134. The molecule has 4 aliphatic rings. The van der Waals surface area contributed by atoms with Crippen LogP contribution in [0.1, 0.15) is 34.5 Å². The zero-order chi connectivity index (χ0) is 21.7. The summed E-state index contributed by atoms with van der Waals surface area (Å²) in [6, 6.07) is 4.75. The minimum atomic E-state index is -0.384. The van der Waals surface area contributed by atoms with Gasteiger partial charge in [0.15, 0.2) is 17.3 Å². The number of fused-ring (bicyclic) bond motifs is 8. The molecule has 0 amide bonds. The zero-order valence-electron chi connectivity index (χ0n) is 18.0. The van der Waals surface area contributed by atoms with Crippen LogP contribution in [0.25, 0.3) is 0 Å². The second-order valence-corrected chi connectivity index (χ2v) is 9.01. The van der Waals surface area contributed by atoms with Gasteiger partial charge in [-0.3, -0.25) is 0 Å². The van der Waals surface area contributed by atoms with Crippen molar-refractivity contribution in [2.24, 2.45) is 0 Å². The van der Waals surface area contributed by atoms with Gasteiger partial charge in [-0.25, -0.2) is 14.8 Å². The van der Waals surface area contributed by atoms with Crippen molar-refractivity contribution in [1.29, 1.82) is 0 Å². The predicted octanol–water partition coefficient (Wildman–Crippen LogP) is 3.23. The average Bonchev–Trinajstić information content (AvgIpc) is 3.29. The summed E-state index contributed by atoms with van der Waals surface area (Å²) < 4.78 is 4.71. The Bertz CT molecular complexity index is 1050. The van der Waals surface area contributed by atoms with Crippen LogP contribution in [-0.2, 0) is 4.74 Å². The molecule has 0 aliphatic carbocycles. The maximum absolute atomic E-state index is 11.5.